The minimum atomic E-state index is -1.25. The second-order valence-corrected chi connectivity index (χ2v) is 16.3. The maximum absolute atomic E-state index is 12.2. The average Bonchev–Trinajstić information content (AvgIpc) is 3.97. The Hall–Kier alpha value is -9.56. The molecule has 0 bridgehead atoms. The first-order valence-corrected chi connectivity index (χ1v) is 22.8. The smallest absolute Gasteiger partial charge is 0.509 e. The highest BCUT2D eigenvalue weighted by Crippen LogP contribution is 2.16. The molecule has 0 aliphatic rings. The van der Waals surface area contributed by atoms with Gasteiger partial charge in [0.15, 0.2) is 38.9 Å². The highest BCUT2D eigenvalue weighted by Gasteiger charge is 2.32. The number of imidazole rings is 2. The zero-order valence-electron chi connectivity index (χ0n) is 40.9. The first kappa shape index (κ1) is 60.0. The lowest BCUT2D eigenvalue weighted by atomic mass is 10.2. The van der Waals surface area contributed by atoms with Crippen LogP contribution in [0.5, 0.6) is 0 Å². The number of rotatable bonds is 18. The van der Waals surface area contributed by atoms with Gasteiger partial charge in [-0.3, -0.25) is 9.59 Å². The number of azo groups is 2. The molecule has 28 heteroatoms. The van der Waals surface area contributed by atoms with Gasteiger partial charge in [0.2, 0.25) is 17.9 Å². The van der Waals surface area contributed by atoms with Crippen molar-refractivity contribution in [1.29, 1.82) is 0 Å². The number of hydrogen-bond donors (Lipinski definition) is 6. The number of carboxylic acid groups (broad SMARTS) is 6. The van der Waals surface area contributed by atoms with E-state index in [0.29, 0.717) is 38.6 Å². The van der Waals surface area contributed by atoms with Crippen LogP contribution in [0.15, 0.2) is 181 Å². The van der Waals surface area contributed by atoms with Gasteiger partial charge in [-0.1, -0.05) is 80.6 Å². The Morgan fingerprint density at radius 2 is 0.935 bits per heavy atom. The van der Waals surface area contributed by atoms with E-state index in [4.69, 9.17) is 10.2 Å². The summed E-state index contributed by atoms with van der Waals surface area (Å²) in [6.45, 7) is 3.45. The number of aromatic nitrogens is 6. The zero-order chi connectivity index (χ0) is 54.0. The molecule has 7 rings (SSSR count). The summed E-state index contributed by atoms with van der Waals surface area (Å²) in [5.74, 6) is -4.16. The molecule has 0 saturated carbocycles. The van der Waals surface area contributed by atoms with Crippen molar-refractivity contribution in [2.45, 2.75) is 51.9 Å². The van der Waals surface area contributed by atoms with Crippen LogP contribution in [0.1, 0.15) is 44.3 Å². The number of aryl methyl sites for hydroxylation is 2. The fourth-order valence-electron chi connectivity index (χ4n) is 7.12. The number of fused-ring (bicyclic) bond motifs is 2. The maximum Gasteiger partial charge on any atom is 0.509 e. The lowest BCUT2D eigenvalue weighted by Gasteiger charge is -2.07. The van der Waals surface area contributed by atoms with Crippen LogP contribution >= 0.6 is 0 Å². The summed E-state index contributed by atoms with van der Waals surface area (Å²) >= 11 is 0. The zero-order valence-corrected chi connectivity index (χ0v) is 42.4. The molecular weight excluding hydrogens is 1050 g/mol. The molecule has 402 valence electrons. The quantitative estimate of drug-likeness (QED) is 0.0202. The number of amidine groups is 2. The molecule has 2 unspecified atom stereocenters. The Labute approximate surface area is 448 Å². The third-order valence-electron chi connectivity index (χ3n) is 10.8. The van der Waals surface area contributed by atoms with Crippen molar-refractivity contribution >= 4 is 69.8 Å². The second-order valence-electron chi connectivity index (χ2n) is 16.3. The van der Waals surface area contributed by atoms with Crippen molar-refractivity contribution in [1.82, 2.24) is 18.3 Å². The van der Waals surface area contributed by atoms with Gasteiger partial charge in [-0.25, -0.2) is 18.7 Å². The summed E-state index contributed by atoms with van der Waals surface area (Å²) in [7, 11) is 0. The lowest BCUT2D eigenvalue weighted by molar-refractivity contribution is -0.684. The molecule has 0 saturated heterocycles. The van der Waals surface area contributed by atoms with Crippen LogP contribution in [0.2, 0.25) is 0 Å². The highest BCUT2D eigenvalue weighted by atomic mass is 35.5. The van der Waals surface area contributed by atoms with Crippen LogP contribution in [0, 0.1) is 5.92 Å². The van der Waals surface area contributed by atoms with Crippen molar-refractivity contribution in [2.75, 3.05) is 13.1 Å². The normalized spacial score (nSPS) is 13.0. The van der Waals surface area contributed by atoms with E-state index in [9.17, 15) is 49.2 Å². The van der Waals surface area contributed by atoms with Gasteiger partial charge in [0.1, 0.15) is 13.1 Å². The topological polar surface area (TPSA) is 350 Å². The van der Waals surface area contributed by atoms with Gasteiger partial charge in [-0.15, -0.1) is 39.8 Å². The number of aliphatic carboxylic acids is 4. The summed E-state index contributed by atoms with van der Waals surface area (Å²) in [5, 5.41) is 89.8. The van der Waals surface area contributed by atoms with E-state index >= 15 is 0 Å². The van der Waals surface area contributed by atoms with Crippen LogP contribution in [-0.2, 0) is 32.3 Å². The predicted molar refractivity (Wildman–Crippen MR) is 264 cm³/mol. The van der Waals surface area contributed by atoms with Crippen molar-refractivity contribution in [2.24, 2.45) is 46.8 Å². The van der Waals surface area contributed by atoms with Crippen LogP contribution < -0.4 is 44.9 Å². The van der Waals surface area contributed by atoms with Crippen LogP contribution in [0.4, 0.5) is 9.59 Å². The summed E-state index contributed by atoms with van der Waals surface area (Å²) in [6.07, 6.45) is 3.11. The van der Waals surface area contributed by atoms with Gasteiger partial charge >= 0.3 is 36.1 Å². The van der Waals surface area contributed by atoms with Gasteiger partial charge in [0, 0.05) is 37.0 Å². The van der Waals surface area contributed by atoms with E-state index in [-0.39, 0.29) is 81.4 Å². The summed E-state index contributed by atoms with van der Waals surface area (Å²) in [5.41, 5.74) is 2.89. The number of hydrogen-bond acceptors (Lipinski definition) is 12. The fourth-order valence-corrected chi connectivity index (χ4v) is 7.12. The number of halogens is 2. The van der Waals surface area contributed by atoms with Crippen LogP contribution in [-0.4, -0.2) is 110 Å². The van der Waals surface area contributed by atoms with Gasteiger partial charge in [-0.05, 0) is 48.5 Å². The molecule has 2 atom stereocenters. The monoisotopic (exact) mass is 1100 g/mol. The average molecular weight is 1100 g/mol. The molecular formula is C49H50Cl2N14O12. The molecule has 7 aromatic rings. The van der Waals surface area contributed by atoms with Crippen molar-refractivity contribution in [3.8, 4) is 0 Å². The predicted octanol–water partition coefficient (Wildman–Crippen LogP) is -0.841. The molecule has 3 aromatic carbocycles. The minimum absolute atomic E-state index is 0. The number of nitrogens with zero attached hydrogens (tertiary/aromatic N) is 14. The molecule has 6 N–H and O–H groups in total. The largest absolute Gasteiger partial charge is 1.00 e. The first-order chi connectivity index (χ1) is 36.0. The molecule has 4 aromatic heterocycles. The molecule has 4 heterocycles. The molecule has 0 aliphatic heterocycles. The van der Waals surface area contributed by atoms with E-state index in [0.717, 1.165) is 9.13 Å². The lowest BCUT2D eigenvalue weighted by Crippen LogP contribution is -3.00. The molecule has 0 fully saturated rings. The molecule has 0 amide bonds. The van der Waals surface area contributed by atoms with Gasteiger partial charge in [-0.2, -0.15) is 19.8 Å². The molecule has 0 radical (unpaired) electrons. The maximum atomic E-state index is 12.2. The van der Waals surface area contributed by atoms with E-state index in [1.807, 2.05) is 19.9 Å². The molecule has 77 heavy (non-hydrogen) atoms. The third kappa shape index (κ3) is 16.2. The van der Waals surface area contributed by atoms with E-state index in [2.05, 4.69) is 40.9 Å². The highest BCUT2D eigenvalue weighted by molar-refractivity contribution is 5.99. The van der Waals surface area contributed by atoms with Crippen LogP contribution in [0.25, 0.3) is 22.1 Å². The SMILES string of the molecule is CC(C)C(N=NCC(C(=O)O)[n+]1cn(C(=O)O)c2ccccc21)=NN=c1ccccn1CCC(=O)O.O=C(O)CCn1ccccc1=NN=C(N=NCC(C(=O)O)[n+]1cn(C(=O)O)c2ccccc21)c1ccccc1.[Cl-].[Cl-]. The summed E-state index contributed by atoms with van der Waals surface area (Å²) in [4.78, 5) is 69.3. The van der Waals surface area contributed by atoms with Gasteiger partial charge in [0.05, 0.1) is 12.8 Å². The fraction of sp³-hybridized carbons (Fsp3) is 0.224. The van der Waals surface area contributed by atoms with E-state index in [1.165, 1.54) is 21.8 Å². The standard InChI is InChI=1S/C26H23N7O6.C23H25N7O6.2ClH/c34-23(35)13-15-31-14-7-6-12-22(31)28-30-24(18-8-2-1-3-9-18)29-27-16-21(25(36)37)32-17-33(26(38)39)20-11-5-4-10-19(20)32;1-15(2)21(27-25-19-9-5-6-11-28(19)12-10-20(31)32)26-24-13-18(22(33)34)29-14-30(23(35)36)17-8-4-3-7-16(17)29;;/h1-12,14,17,21H,13,15-16H2,(H2-,34,35,36,37,38,39);3-9,11,14-15,18H,10,12-13H2,1-2H3,(H2-,31,32,33,34,35,36);2*1H. The Kier molecular flexibility index (Phi) is 22.4. The first-order valence-electron chi connectivity index (χ1n) is 22.8. The Balaban J connectivity index is 0.000000325. The number of pyridine rings is 2. The van der Waals surface area contributed by atoms with Crippen molar-refractivity contribution < 1.29 is 93.4 Å². The summed E-state index contributed by atoms with van der Waals surface area (Å²) in [6, 6.07) is 29.8. The van der Waals surface area contributed by atoms with E-state index < -0.39 is 48.1 Å². The minimum Gasteiger partial charge on any atom is -1.00 e. The molecule has 0 spiro atoms. The van der Waals surface area contributed by atoms with Crippen molar-refractivity contribution in [3.05, 3.63) is 157 Å². The summed E-state index contributed by atoms with van der Waals surface area (Å²) < 4.78 is 7.81. The van der Waals surface area contributed by atoms with Crippen LogP contribution in [0.3, 0.4) is 0 Å². The third-order valence-corrected chi connectivity index (χ3v) is 10.8. The number of para-hydroxylation sites is 4. The second kappa shape index (κ2) is 28.8. The Morgan fingerprint density at radius 1 is 0.519 bits per heavy atom. The number of carboxylic acids is 4. The van der Waals surface area contributed by atoms with Gasteiger partial charge < -0.3 is 64.6 Å². The Bertz CT molecular complexity index is 3510. The molecule has 26 nitrogen and oxygen atoms in total. The number of carbonyl (C=O) groups is 6. The Morgan fingerprint density at radius 3 is 1.36 bits per heavy atom. The molecule has 0 aliphatic carbocycles. The van der Waals surface area contributed by atoms with E-state index in [1.54, 1.807) is 131 Å². The van der Waals surface area contributed by atoms with Crippen molar-refractivity contribution in [3.63, 3.8) is 0 Å². The number of benzene rings is 3. The van der Waals surface area contributed by atoms with Gasteiger partial charge in [0.25, 0.3) is 12.7 Å².